The van der Waals surface area contributed by atoms with Crippen LogP contribution in [0, 0.1) is 5.82 Å². The zero-order valence-electron chi connectivity index (χ0n) is 12.7. The number of nitrogens with zero attached hydrogens (tertiary/aromatic N) is 1. The Kier molecular flexibility index (Phi) is 5.99. The Bertz CT molecular complexity index is 408. The minimum atomic E-state index is -0.126. The van der Waals surface area contributed by atoms with E-state index in [0.29, 0.717) is 12.1 Å². The molecule has 0 aromatic heterocycles. The molecule has 1 aliphatic heterocycles. The van der Waals surface area contributed by atoms with Crippen molar-refractivity contribution >= 4 is 0 Å². The summed E-state index contributed by atoms with van der Waals surface area (Å²) >= 11 is 0. The first-order chi connectivity index (χ1) is 9.72. The average Bonchev–Trinajstić information content (AvgIpc) is 2.46. The average molecular weight is 278 g/mol. The lowest BCUT2D eigenvalue weighted by Gasteiger charge is -2.40. The van der Waals surface area contributed by atoms with E-state index >= 15 is 0 Å². The van der Waals surface area contributed by atoms with Gasteiger partial charge in [0.2, 0.25) is 0 Å². The summed E-state index contributed by atoms with van der Waals surface area (Å²) in [5.74, 6) is -0.126. The quantitative estimate of drug-likeness (QED) is 0.859. The molecule has 0 saturated carbocycles. The highest BCUT2D eigenvalue weighted by molar-refractivity contribution is 5.16. The molecule has 1 N–H and O–H groups in total. The Balaban J connectivity index is 1.90. The smallest absolute Gasteiger partial charge is 0.123 e. The molecule has 0 spiro atoms. The Morgan fingerprint density at radius 3 is 2.90 bits per heavy atom. The summed E-state index contributed by atoms with van der Waals surface area (Å²) in [6.07, 6.45) is 4.58. The van der Waals surface area contributed by atoms with Gasteiger partial charge in [0.1, 0.15) is 5.82 Å². The zero-order chi connectivity index (χ0) is 14.4. The molecule has 2 rings (SSSR count). The summed E-state index contributed by atoms with van der Waals surface area (Å²) in [5.41, 5.74) is 1.10. The van der Waals surface area contributed by atoms with Crippen molar-refractivity contribution in [3.05, 3.63) is 35.6 Å². The van der Waals surface area contributed by atoms with Crippen molar-refractivity contribution in [1.29, 1.82) is 0 Å². The van der Waals surface area contributed by atoms with Crippen LogP contribution in [0.4, 0.5) is 4.39 Å². The third-order valence-corrected chi connectivity index (χ3v) is 4.30. The first-order valence-corrected chi connectivity index (χ1v) is 7.94. The molecule has 0 bridgehead atoms. The summed E-state index contributed by atoms with van der Waals surface area (Å²) in [4.78, 5) is 2.59. The molecule has 112 valence electrons. The van der Waals surface area contributed by atoms with Gasteiger partial charge < -0.3 is 5.32 Å². The molecule has 2 nitrogen and oxygen atoms in total. The minimum Gasteiger partial charge on any atom is -0.311 e. The van der Waals surface area contributed by atoms with Gasteiger partial charge in [-0.15, -0.1) is 0 Å². The molecule has 1 aromatic carbocycles. The zero-order valence-corrected chi connectivity index (χ0v) is 12.7. The van der Waals surface area contributed by atoms with Gasteiger partial charge in [0.25, 0.3) is 0 Å². The highest BCUT2D eigenvalue weighted by atomic mass is 19.1. The standard InChI is InChI=1S/C17H27FN2/c1-3-6-16-13-20(17(4-2)12-19-16)10-9-14-7-5-8-15(18)11-14/h5,7-8,11,16-17,19H,3-4,6,9-10,12-13H2,1-2H3. The van der Waals surface area contributed by atoms with Crippen LogP contribution in [0.5, 0.6) is 0 Å². The SMILES string of the molecule is CCCC1CN(CCc2cccc(F)c2)C(CC)CN1. The number of piperazine rings is 1. The van der Waals surface area contributed by atoms with E-state index in [-0.39, 0.29) is 5.82 Å². The van der Waals surface area contributed by atoms with Gasteiger partial charge in [-0.3, -0.25) is 4.90 Å². The molecule has 1 fully saturated rings. The van der Waals surface area contributed by atoms with Crippen molar-refractivity contribution < 1.29 is 4.39 Å². The molecule has 3 heteroatoms. The fourth-order valence-electron chi connectivity index (χ4n) is 3.11. The second-order valence-electron chi connectivity index (χ2n) is 5.83. The first kappa shape index (κ1) is 15.5. The number of rotatable bonds is 6. The van der Waals surface area contributed by atoms with Crippen LogP contribution in [0.2, 0.25) is 0 Å². The van der Waals surface area contributed by atoms with Crippen LogP contribution in [0.25, 0.3) is 0 Å². The Labute approximate surface area is 122 Å². The third-order valence-electron chi connectivity index (χ3n) is 4.30. The van der Waals surface area contributed by atoms with Gasteiger partial charge in [0, 0.05) is 31.7 Å². The molecule has 0 amide bonds. The first-order valence-electron chi connectivity index (χ1n) is 7.94. The molecular weight excluding hydrogens is 251 g/mol. The summed E-state index contributed by atoms with van der Waals surface area (Å²) in [5, 5.41) is 3.66. The van der Waals surface area contributed by atoms with Gasteiger partial charge in [-0.05, 0) is 37.0 Å². The van der Waals surface area contributed by atoms with E-state index in [0.717, 1.165) is 31.6 Å². The molecule has 1 heterocycles. The van der Waals surface area contributed by atoms with Crippen molar-refractivity contribution in [2.24, 2.45) is 0 Å². The van der Waals surface area contributed by atoms with Crippen molar-refractivity contribution in [1.82, 2.24) is 10.2 Å². The van der Waals surface area contributed by atoms with Crippen molar-refractivity contribution in [2.75, 3.05) is 19.6 Å². The van der Waals surface area contributed by atoms with Crippen LogP contribution in [0.1, 0.15) is 38.7 Å². The molecule has 1 aromatic rings. The normalized spacial score (nSPS) is 23.9. The minimum absolute atomic E-state index is 0.126. The second kappa shape index (κ2) is 7.75. The number of benzene rings is 1. The van der Waals surface area contributed by atoms with E-state index in [9.17, 15) is 4.39 Å². The molecule has 2 unspecified atom stereocenters. The van der Waals surface area contributed by atoms with Crippen LogP contribution in [0.3, 0.4) is 0 Å². The van der Waals surface area contributed by atoms with Gasteiger partial charge in [-0.2, -0.15) is 0 Å². The maximum atomic E-state index is 13.2. The van der Waals surface area contributed by atoms with Crippen LogP contribution in [0.15, 0.2) is 24.3 Å². The van der Waals surface area contributed by atoms with E-state index in [1.807, 2.05) is 6.07 Å². The monoisotopic (exact) mass is 278 g/mol. The summed E-state index contributed by atoms with van der Waals surface area (Å²) < 4.78 is 13.2. The van der Waals surface area contributed by atoms with Gasteiger partial charge >= 0.3 is 0 Å². The van der Waals surface area contributed by atoms with Gasteiger partial charge in [0.15, 0.2) is 0 Å². The Hall–Kier alpha value is -0.930. The topological polar surface area (TPSA) is 15.3 Å². The predicted octanol–water partition coefficient (Wildman–Crippen LogP) is 3.22. The molecule has 1 saturated heterocycles. The molecule has 0 radical (unpaired) electrons. The van der Waals surface area contributed by atoms with E-state index < -0.39 is 0 Å². The van der Waals surface area contributed by atoms with Crippen molar-refractivity contribution in [3.8, 4) is 0 Å². The van der Waals surface area contributed by atoms with Crippen LogP contribution in [-0.4, -0.2) is 36.6 Å². The lowest BCUT2D eigenvalue weighted by atomic mass is 10.0. The number of hydrogen-bond donors (Lipinski definition) is 1. The van der Waals surface area contributed by atoms with Gasteiger partial charge in [0.05, 0.1) is 0 Å². The van der Waals surface area contributed by atoms with Crippen molar-refractivity contribution in [3.63, 3.8) is 0 Å². The summed E-state index contributed by atoms with van der Waals surface area (Å²) in [7, 11) is 0. The Morgan fingerprint density at radius 2 is 2.20 bits per heavy atom. The summed E-state index contributed by atoms with van der Waals surface area (Å²) in [6, 6.07) is 8.25. The lowest BCUT2D eigenvalue weighted by Crippen LogP contribution is -2.56. The lowest BCUT2D eigenvalue weighted by molar-refractivity contribution is 0.124. The highest BCUT2D eigenvalue weighted by Gasteiger charge is 2.25. The van der Waals surface area contributed by atoms with E-state index in [4.69, 9.17) is 0 Å². The largest absolute Gasteiger partial charge is 0.311 e. The maximum absolute atomic E-state index is 13.2. The van der Waals surface area contributed by atoms with E-state index in [1.165, 1.54) is 25.3 Å². The van der Waals surface area contributed by atoms with E-state index in [1.54, 1.807) is 12.1 Å². The maximum Gasteiger partial charge on any atom is 0.123 e. The molecule has 20 heavy (non-hydrogen) atoms. The van der Waals surface area contributed by atoms with Gasteiger partial charge in [-0.1, -0.05) is 32.4 Å². The molecule has 0 aliphatic carbocycles. The highest BCUT2D eigenvalue weighted by Crippen LogP contribution is 2.14. The Morgan fingerprint density at radius 1 is 1.35 bits per heavy atom. The molecule has 1 aliphatic rings. The number of nitrogens with one attached hydrogen (secondary N) is 1. The number of halogens is 1. The number of hydrogen-bond acceptors (Lipinski definition) is 2. The summed E-state index contributed by atoms with van der Waals surface area (Å²) in [6.45, 7) is 7.74. The second-order valence-corrected chi connectivity index (χ2v) is 5.83. The van der Waals surface area contributed by atoms with Gasteiger partial charge in [-0.25, -0.2) is 4.39 Å². The predicted molar refractivity (Wildman–Crippen MR) is 82.5 cm³/mol. The molecular formula is C17H27FN2. The fraction of sp³-hybridized carbons (Fsp3) is 0.647. The van der Waals surface area contributed by atoms with Crippen LogP contribution < -0.4 is 5.32 Å². The van der Waals surface area contributed by atoms with E-state index in [2.05, 4.69) is 24.1 Å². The third kappa shape index (κ3) is 4.29. The molecule has 2 atom stereocenters. The fourth-order valence-corrected chi connectivity index (χ4v) is 3.11. The van der Waals surface area contributed by atoms with Crippen LogP contribution in [-0.2, 0) is 6.42 Å². The van der Waals surface area contributed by atoms with Crippen molar-refractivity contribution in [2.45, 2.75) is 51.6 Å². The van der Waals surface area contributed by atoms with Crippen LogP contribution >= 0.6 is 0 Å².